The van der Waals surface area contributed by atoms with Gasteiger partial charge in [0.15, 0.2) is 0 Å². The number of hydrogen-bond donors (Lipinski definition) is 3. The van der Waals surface area contributed by atoms with Gasteiger partial charge in [0, 0.05) is 24.3 Å². The molecule has 1 amide bonds. The molecule has 0 radical (unpaired) electrons. The fourth-order valence-corrected chi connectivity index (χ4v) is 3.86. The van der Waals surface area contributed by atoms with Crippen molar-refractivity contribution in [3.63, 3.8) is 0 Å². The van der Waals surface area contributed by atoms with E-state index in [2.05, 4.69) is 10.3 Å². The third-order valence-corrected chi connectivity index (χ3v) is 5.45. The van der Waals surface area contributed by atoms with Crippen LogP contribution >= 0.6 is 11.3 Å². The lowest BCUT2D eigenvalue weighted by Gasteiger charge is -2.10. The number of anilines is 1. The number of carbonyl (C=O) groups excluding carboxylic acids is 1. The van der Waals surface area contributed by atoms with Crippen LogP contribution in [0.2, 0.25) is 0 Å². The van der Waals surface area contributed by atoms with Gasteiger partial charge in [0.25, 0.3) is 0 Å². The maximum Gasteiger partial charge on any atom is 0.228 e. The van der Waals surface area contributed by atoms with E-state index in [9.17, 15) is 9.18 Å². The van der Waals surface area contributed by atoms with Crippen LogP contribution in [0.5, 0.6) is 0 Å². The minimum atomic E-state index is -0.542. The number of aryl methyl sites for hydroxylation is 1. The van der Waals surface area contributed by atoms with E-state index < -0.39 is 16.6 Å². The number of rotatable bonds is 8. The Morgan fingerprint density at radius 3 is 2.74 bits per heavy atom. The molecule has 0 spiro atoms. The van der Waals surface area contributed by atoms with Crippen LogP contribution in [-0.4, -0.2) is 29.1 Å². The van der Waals surface area contributed by atoms with Crippen LogP contribution in [-0.2, 0) is 15.5 Å². The molecule has 0 aliphatic carbocycles. The van der Waals surface area contributed by atoms with E-state index in [-0.39, 0.29) is 24.1 Å². The van der Waals surface area contributed by atoms with Crippen molar-refractivity contribution >= 4 is 39.2 Å². The first-order chi connectivity index (χ1) is 10.8. The van der Waals surface area contributed by atoms with E-state index in [0.29, 0.717) is 21.5 Å². The van der Waals surface area contributed by atoms with E-state index in [1.807, 2.05) is 0 Å². The molecule has 1 heterocycles. The molecule has 5 nitrogen and oxygen atoms in total. The van der Waals surface area contributed by atoms with Crippen LogP contribution in [0.1, 0.15) is 36.9 Å². The van der Waals surface area contributed by atoms with Gasteiger partial charge in [-0.3, -0.25) is 9.57 Å². The summed E-state index contributed by atoms with van der Waals surface area (Å²) in [4.78, 5) is 16.5. The van der Waals surface area contributed by atoms with Crippen molar-refractivity contribution < 1.29 is 9.18 Å². The van der Waals surface area contributed by atoms with E-state index in [1.54, 1.807) is 27.0 Å². The lowest BCUT2D eigenvalue weighted by Crippen LogP contribution is -2.24. The predicted molar refractivity (Wildman–Crippen MR) is 96.5 cm³/mol. The standard InChI is InChI=1S/C15H23FN4OS2/c1-5-12(16)6-11(7-17)15-19-10(3)14(22-15)20-13(21)9(2)8-23(4)18/h5,7,9,11,17-18H,6,8H2,1-4H3,(H,20,21)/b12-5+,17-7?. The second-order valence-electron chi connectivity index (χ2n) is 5.37. The van der Waals surface area contributed by atoms with Gasteiger partial charge in [0.2, 0.25) is 5.91 Å². The number of thiazole rings is 1. The minimum Gasteiger partial charge on any atom is -0.316 e. The van der Waals surface area contributed by atoms with Crippen molar-refractivity contribution in [2.24, 2.45) is 5.92 Å². The molecule has 3 unspecified atom stereocenters. The van der Waals surface area contributed by atoms with Gasteiger partial charge in [-0.15, -0.1) is 22.0 Å². The van der Waals surface area contributed by atoms with Crippen LogP contribution in [0.25, 0.3) is 0 Å². The zero-order chi connectivity index (χ0) is 17.6. The molecular formula is C15H23FN4OS2. The van der Waals surface area contributed by atoms with Gasteiger partial charge in [-0.05, 0) is 20.1 Å². The Morgan fingerprint density at radius 2 is 2.22 bits per heavy atom. The summed E-state index contributed by atoms with van der Waals surface area (Å²) in [5.41, 5.74) is 0.666. The molecule has 128 valence electrons. The van der Waals surface area contributed by atoms with Gasteiger partial charge in [0.05, 0.1) is 17.4 Å². The van der Waals surface area contributed by atoms with Gasteiger partial charge in [0.1, 0.15) is 10.0 Å². The largest absolute Gasteiger partial charge is 0.316 e. The highest BCUT2D eigenvalue weighted by Gasteiger charge is 2.20. The number of nitrogens with one attached hydrogen (secondary N) is 3. The van der Waals surface area contributed by atoms with Gasteiger partial charge in [-0.2, -0.15) is 0 Å². The second kappa shape index (κ2) is 9.02. The van der Waals surface area contributed by atoms with Crippen LogP contribution in [0.15, 0.2) is 11.9 Å². The molecule has 3 atom stereocenters. The number of halogens is 1. The molecule has 0 aliphatic heterocycles. The van der Waals surface area contributed by atoms with Crippen molar-refractivity contribution in [1.82, 2.24) is 4.98 Å². The molecule has 3 N–H and O–H groups in total. The van der Waals surface area contributed by atoms with Gasteiger partial charge in [-0.25, -0.2) is 9.37 Å². The van der Waals surface area contributed by atoms with E-state index in [1.165, 1.54) is 23.6 Å². The summed E-state index contributed by atoms with van der Waals surface area (Å²) in [5.74, 6) is -0.568. The van der Waals surface area contributed by atoms with Crippen LogP contribution in [0, 0.1) is 23.0 Å². The Balaban J connectivity index is 2.87. The molecule has 23 heavy (non-hydrogen) atoms. The SMILES string of the molecule is C/C=C(/F)CC(C=N)c1nc(C)c(NC(=O)C(C)CS(C)=N)s1. The fourth-order valence-electron chi connectivity index (χ4n) is 1.92. The Morgan fingerprint density at radius 1 is 1.57 bits per heavy atom. The highest BCUT2D eigenvalue weighted by molar-refractivity contribution is 7.85. The molecule has 0 saturated carbocycles. The molecule has 1 rings (SSSR count). The summed E-state index contributed by atoms with van der Waals surface area (Å²) in [6.07, 6.45) is 4.45. The first-order valence-electron chi connectivity index (χ1n) is 7.21. The molecule has 0 aromatic carbocycles. The van der Waals surface area contributed by atoms with Crippen molar-refractivity contribution in [3.05, 3.63) is 22.6 Å². The van der Waals surface area contributed by atoms with E-state index >= 15 is 0 Å². The smallest absolute Gasteiger partial charge is 0.228 e. The van der Waals surface area contributed by atoms with E-state index in [4.69, 9.17) is 10.2 Å². The van der Waals surface area contributed by atoms with Gasteiger partial charge >= 0.3 is 0 Å². The molecule has 0 bridgehead atoms. The molecule has 0 fully saturated rings. The normalized spacial score (nSPS) is 15.8. The maximum absolute atomic E-state index is 13.4. The average molecular weight is 359 g/mol. The van der Waals surface area contributed by atoms with Crippen LogP contribution < -0.4 is 5.32 Å². The molecule has 0 saturated heterocycles. The van der Waals surface area contributed by atoms with Gasteiger partial charge < -0.3 is 10.7 Å². The summed E-state index contributed by atoms with van der Waals surface area (Å²) >= 11 is 1.28. The Bertz CT molecular complexity index is 627. The lowest BCUT2D eigenvalue weighted by molar-refractivity contribution is -0.118. The Kier molecular flexibility index (Phi) is 7.70. The number of allylic oxidation sites excluding steroid dienone is 2. The number of aromatic nitrogens is 1. The summed E-state index contributed by atoms with van der Waals surface area (Å²) in [7, 11) is -0.542. The highest BCUT2D eigenvalue weighted by atomic mass is 32.2. The summed E-state index contributed by atoms with van der Waals surface area (Å²) in [6.45, 7) is 5.19. The molecular weight excluding hydrogens is 335 g/mol. The molecule has 1 aromatic rings. The topological polar surface area (TPSA) is 89.7 Å². The highest BCUT2D eigenvalue weighted by Crippen LogP contribution is 2.32. The zero-order valence-electron chi connectivity index (χ0n) is 13.8. The number of nitrogens with zero attached hydrogens (tertiary/aromatic N) is 1. The van der Waals surface area contributed by atoms with Crippen LogP contribution in [0.4, 0.5) is 9.39 Å². The summed E-state index contributed by atoms with van der Waals surface area (Å²) in [5, 5.41) is 11.6. The Labute approximate surface area is 142 Å². The van der Waals surface area contributed by atoms with Crippen molar-refractivity contribution in [2.45, 2.75) is 33.1 Å². The predicted octanol–water partition coefficient (Wildman–Crippen LogP) is 4.03. The first-order valence-corrected chi connectivity index (χ1v) is 9.83. The quantitative estimate of drug-likeness (QED) is 0.612. The maximum atomic E-state index is 13.4. The third-order valence-electron chi connectivity index (χ3n) is 3.24. The minimum absolute atomic E-state index is 0.105. The zero-order valence-corrected chi connectivity index (χ0v) is 15.4. The molecule has 8 heteroatoms. The Hall–Kier alpha value is -1.41. The van der Waals surface area contributed by atoms with Crippen molar-refractivity contribution in [3.8, 4) is 0 Å². The summed E-state index contributed by atoms with van der Waals surface area (Å²) in [6, 6.07) is 0. The fraction of sp³-hybridized carbons (Fsp3) is 0.533. The van der Waals surface area contributed by atoms with Crippen molar-refractivity contribution in [2.75, 3.05) is 17.3 Å². The third kappa shape index (κ3) is 5.95. The molecule has 0 aliphatic rings. The van der Waals surface area contributed by atoms with Gasteiger partial charge in [-0.1, -0.05) is 13.0 Å². The molecule has 1 aromatic heterocycles. The average Bonchev–Trinajstić information content (AvgIpc) is 2.84. The second-order valence-corrected chi connectivity index (χ2v) is 8.01. The monoisotopic (exact) mass is 358 g/mol. The first kappa shape index (κ1) is 19.6. The number of amides is 1. The van der Waals surface area contributed by atoms with Crippen molar-refractivity contribution in [1.29, 1.82) is 10.2 Å². The van der Waals surface area contributed by atoms with E-state index in [0.717, 1.165) is 0 Å². The van der Waals surface area contributed by atoms with Crippen LogP contribution in [0.3, 0.4) is 0 Å². The number of carbonyl (C=O) groups is 1. The summed E-state index contributed by atoms with van der Waals surface area (Å²) < 4.78 is 21.0. The lowest BCUT2D eigenvalue weighted by atomic mass is 10.1. The number of hydrogen-bond acceptors (Lipinski definition) is 5.